The van der Waals surface area contributed by atoms with Gasteiger partial charge in [-0.25, -0.2) is 0 Å². The standard InChI is InChI=1S/C38H70O5/c1-4-7-10-13-15-16-17-18-19-20-21-22-23-25-28-31-37(40)42-33-35(32-39)34-43-38(41)36(29-26-12-9-6-3)30-27-24-14-11-8-5-2/h15-16,18-19,35-36,39H,4-14,17,20-34H2,1-3H3/b16-15-,19-18-. The molecule has 252 valence electrons. The van der Waals surface area contributed by atoms with E-state index in [-0.39, 0.29) is 43.6 Å². The molecule has 0 fully saturated rings. The summed E-state index contributed by atoms with van der Waals surface area (Å²) in [5, 5.41) is 9.76. The van der Waals surface area contributed by atoms with Gasteiger partial charge in [-0.3, -0.25) is 9.59 Å². The Hall–Kier alpha value is -1.62. The van der Waals surface area contributed by atoms with Crippen molar-refractivity contribution in [1.29, 1.82) is 0 Å². The monoisotopic (exact) mass is 607 g/mol. The Bertz CT molecular complexity index is 671. The number of carbonyl (C=O) groups excluding carboxylic acids is 2. The van der Waals surface area contributed by atoms with Gasteiger partial charge < -0.3 is 14.6 Å². The molecule has 0 aliphatic rings. The summed E-state index contributed by atoms with van der Waals surface area (Å²) in [5.74, 6) is -0.817. The van der Waals surface area contributed by atoms with E-state index in [0.717, 1.165) is 64.2 Å². The average molecular weight is 607 g/mol. The fraction of sp³-hybridized carbons (Fsp3) is 0.842. The van der Waals surface area contributed by atoms with E-state index in [0.29, 0.717) is 6.42 Å². The van der Waals surface area contributed by atoms with Crippen molar-refractivity contribution in [3.05, 3.63) is 24.3 Å². The zero-order valence-electron chi connectivity index (χ0n) is 28.6. The molecule has 0 heterocycles. The fourth-order valence-electron chi connectivity index (χ4n) is 5.20. The molecule has 0 rings (SSSR count). The number of unbranched alkanes of at least 4 members (excludes halogenated alkanes) is 16. The van der Waals surface area contributed by atoms with Crippen molar-refractivity contribution < 1.29 is 24.2 Å². The minimum Gasteiger partial charge on any atom is -0.465 e. The van der Waals surface area contributed by atoms with Crippen LogP contribution in [0.15, 0.2) is 24.3 Å². The maximum atomic E-state index is 12.9. The second kappa shape index (κ2) is 33.3. The molecule has 1 N–H and O–H groups in total. The molecule has 0 aromatic rings. The van der Waals surface area contributed by atoms with Crippen molar-refractivity contribution in [2.75, 3.05) is 19.8 Å². The van der Waals surface area contributed by atoms with Crippen LogP contribution in [-0.2, 0) is 19.1 Å². The third-order valence-corrected chi connectivity index (χ3v) is 8.18. The maximum Gasteiger partial charge on any atom is 0.308 e. The van der Waals surface area contributed by atoms with Gasteiger partial charge in [0.1, 0.15) is 0 Å². The van der Waals surface area contributed by atoms with Gasteiger partial charge in [-0.05, 0) is 51.4 Å². The van der Waals surface area contributed by atoms with E-state index in [1.807, 2.05) is 0 Å². The first-order valence-corrected chi connectivity index (χ1v) is 18.3. The van der Waals surface area contributed by atoms with Gasteiger partial charge in [-0.15, -0.1) is 0 Å². The predicted molar refractivity (Wildman–Crippen MR) is 182 cm³/mol. The van der Waals surface area contributed by atoms with Gasteiger partial charge in [-0.1, -0.05) is 141 Å². The SMILES string of the molecule is CCCCC/C=C\C/C=C\CCCCCCCC(=O)OCC(CO)COC(=O)C(CCCCCC)CCCCCCCC. The molecule has 2 atom stereocenters. The van der Waals surface area contributed by atoms with Gasteiger partial charge in [0.15, 0.2) is 0 Å². The molecule has 0 radical (unpaired) electrons. The summed E-state index contributed by atoms with van der Waals surface area (Å²) in [5.41, 5.74) is 0. The summed E-state index contributed by atoms with van der Waals surface area (Å²) < 4.78 is 11.0. The Labute approximate surface area is 266 Å². The van der Waals surface area contributed by atoms with E-state index in [1.54, 1.807) is 0 Å². The molecule has 0 aliphatic heterocycles. The number of hydrogen-bond donors (Lipinski definition) is 1. The number of ether oxygens (including phenoxy) is 2. The Morgan fingerprint density at radius 3 is 1.65 bits per heavy atom. The Morgan fingerprint density at radius 1 is 0.581 bits per heavy atom. The van der Waals surface area contributed by atoms with Crippen LogP contribution < -0.4 is 0 Å². The third-order valence-electron chi connectivity index (χ3n) is 8.18. The van der Waals surface area contributed by atoms with Crippen LogP contribution in [0.3, 0.4) is 0 Å². The van der Waals surface area contributed by atoms with Gasteiger partial charge in [0.2, 0.25) is 0 Å². The molecule has 0 aliphatic carbocycles. The molecule has 2 unspecified atom stereocenters. The highest BCUT2D eigenvalue weighted by atomic mass is 16.5. The quantitative estimate of drug-likeness (QED) is 0.0468. The summed E-state index contributed by atoms with van der Waals surface area (Å²) in [6.07, 6.45) is 35.7. The van der Waals surface area contributed by atoms with E-state index < -0.39 is 0 Å². The first-order chi connectivity index (χ1) is 21.1. The first kappa shape index (κ1) is 41.4. The molecule has 0 amide bonds. The van der Waals surface area contributed by atoms with Crippen LogP contribution in [0.2, 0.25) is 0 Å². The lowest BCUT2D eigenvalue weighted by Gasteiger charge is -2.19. The Morgan fingerprint density at radius 2 is 1.05 bits per heavy atom. The topological polar surface area (TPSA) is 72.8 Å². The second-order valence-corrected chi connectivity index (χ2v) is 12.4. The van der Waals surface area contributed by atoms with Crippen LogP contribution in [0.4, 0.5) is 0 Å². The van der Waals surface area contributed by atoms with Crippen molar-refractivity contribution in [1.82, 2.24) is 0 Å². The number of aliphatic hydroxyl groups excluding tert-OH is 1. The zero-order chi connectivity index (χ0) is 31.6. The van der Waals surface area contributed by atoms with Gasteiger partial charge >= 0.3 is 11.9 Å². The highest BCUT2D eigenvalue weighted by Crippen LogP contribution is 2.21. The van der Waals surface area contributed by atoms with Gasteiger partial charge in [0.05, 0.1) is 31.7 Å². The molecular weight excluding hydrogens is 536 g/mol. The number of aliphatic hydroxyl groups is 1. The number of hydrogen-bond acceptors (Lipinski definition) is 5. The molecule has 5 nitrogen and oxygen atoms in total. The highest BCUT2D eigenvalue weighted by molar-refractivity contribution is 5.72. The minimum absolute atomic E-state index is 0.0665. The average Bonchev–Trinajstić information content (AvgIpc) is 3.01. The van der Waals surface area contributed by atoms with Crippen LogP contribution in [0.1, 0.15) is 175 Å². The molecule has 0 aromatic carbocycles. The lowest BCUT2D eigenvalue weighted by Crippen LogP contribution is -2.26. The van der Waals surface area contributed by atoms with E-state index in [2.05, 4.69) is 45.1 Å². The van der Waals surface area contributed by atoms with Crippen LogP contribution in [0, 0.1) is 11.8 Å². The second-order valence-electron chi connectivity index (χ2n) is 12.4. The molecule has 0 aromatic heterocycles. The van der Waals surface area contributed by atoms with E-state index in [4.69, 9.17) is 9.47 Å². The van der Waals surface area contributed by atoms with Crippen LogP contribution in [0.5, 0.6) is 0 Å². The highest BCUT2D eigenvalue weighted by Gasteiger charge is 2.21. The molecule has 0 saturated heterocycles. The predicted octanol–water partition coefficient (Wildman–Crippen LogP) is 10.8. The molecule has 5 heteroatoms. The largest absolute Gasteiger partial charge is 0.465 e. The fourth-order valence-corrected chi connectivity index (χ4v) is 5.20. The van der Waals surface area contributed by atoms with Crippen LogP contribution in [-0.4, -0.2) is 36.9 Å². The van der Waals surface area contributed by atoms with Crippen molar-refractivity contribution in [3.63, 3.8) is 0 Å². The lowest BCUT2D eigenvalue weighted by molar-refractivity contribution is -0.153. The van der Waals surface area contributed by atoms with Crippen molar-refractivity contribution in [2.45, 2.75) is 175 Å². The van der Waals surface area contributed by atoms with Crippen molar-refractivity contribution >= 4 is 11.9 Å². The Balaban J connectivity index is 4.06. The normalized spacial score (nSPS) is 13.1. The van der Waals surface area contributed by atoms with E-state index in [9.17, 15) is 14.7 Å². The van der Waals surface area contributed by atoms with E-state index >= 15 is 0 Å². The molecule has 0 saturated carbocycles. The van der Waals surface area contributed by atoms with E-state index in [1.165, 1.54) is 83.5 Å². The maximum absolute atomic E-state index is 12.9. The molecule has 0 spiro atoms. The molecule has 0 bridgehead atoms. The number of rotatable bonds is 32. The third kappa shape index (κ3) is 28.9. The number of esters is 2. The van der Waals surface area contributed by atoms with Crippen molar-refractivity contribution in [2.24, 2.45) is 11.8 Å². The lowest BCUT2D eigenvalue weighted by atomic mass is 9.94. The van der Waals surface area contributed by atoms with Crippen molar-refractivity contribution in [3.8, 4) is 0 Å². The van der Waals surface area contributed by atoms with Gasteiger partial charge in [-0.2, -0.15) is 0 Å². The summed E-state index contributed by atoms with van der Waals surface area (Å²) in [7, 11) is 0. The summed E-state index contributed by atoms with van der Waals surface area (Å²) in [6, 6.07) is 0. The van der Waals surface area contributed by atoms with Gasteiger partial charge in [0, 0.05) is 6.42 Å². The van der Waals surface area contributed by atoms with Crippen LogP contribution in [0.25, 0.3) is 0 Å². The first-order valence-electron chi connectivity index (χ1n) is 18.3. The van der Waals surface area contributed by atoms with Crippen LogP contribution >= 0.6 is 0 Å². The molecule has 43 heavy (non-hydrogen) atoms. The summed E-state index contributed by atoms with van der Waals surface area (Å²) in [6.45, 7) is 6.70. The number of allylic oxidation sites excluding steroid dienone is 4. The van der Waals surface area contributed by atoms with Gasteiger partial charge in [0.25, 0.3) is 0 Å². The summed E-state index contributed by atoms with van der Waals surface area (Å²) in [4.78, 5) is 25.1. The molecular formula is C38H70O5. The zero-order valence-corrected chi connectivity index (χ0v) is 28.6. The Kier molecular flexibility index (Phi) is 32.0. The minimum atomic E-state index is -0.368. The smallest absolute Gasteiger partial charge is 0.308 e. The summed E-state index contributed by atoms with van der Waals surface area (Å²) >= 11 is 0. The number of carbonyl (C=O) groups is 2.